The minimum atomic E-state index is -0.447. The van der Waals surface area contributed by atoms with E-state index in [1.807, 2.05) is 45.0 Å². The lowest BCUT2D eigenvalue weighted by atomic mass is 10.1. The summed E-state index contributed by atoms with van der Waals surface area (Å²) < 4.78 is 5.41. The second-order valence-electron chi connectivity index (χ2n) is 6.85. The van der Waals surface area contributed by atoms with E-state index in [0.29, 0.717) is 13.1 Å². The van der Waals surface area contributed by atoms with Crippen LogP contribution in [0.4, 0.5) is 4.79 Å². The summed E-state index contributed by atoms with van der Waals surface area (Å²) >= 11 is 5.91. The van der Waals surface area contributed by atoms with Crippen molar-refractivity contribution in [1.29, 1.82) is 0 Å². The summed E-state index contributed by atoms with van der Waals surface area (Å²) in [6.45, 7) is 13.6. The third-order valence-corrected chi connectivity index (χ3v) is 3.94. The molecule has 23 heavy (non-hydrogen) atoms. The van der Waals surface area contributed by atoms with Crippen LogP contribution in [0, 0.1) is 0 Å². The van der Waals surface area contributed by atoms with E-state index in [-0.39, 0.29) is 6.09 Å². The standard InChI is InChI=1S/C18H25ClN2O2/c1-14(15-5-7-16(19)8-6-15)13-20-9-11-21(12-10-20)17(22)23-18(2,3)4/h5-8H,1,9-13H2,2-4H3. The fourth-order valence-electron chi connectivity index (χ4n) is 2.46. The highest BCUT2D eigenvalue weighted by Gasteiger charge is 2.25. The summed E-state index contributed by atoms with van der Waals surface area (Å²) in [6.07, 6.45) is -0.228. The van der Waals surface area contributed by atoms with E-state index in [1.54, 1.807) is 4.90 Å². The van der Waals surface area contributed by atoms with Crippen LogP contribution in [0.5, 0.6) is 0 Å². The van der Waals surface area contributed by atoms with Crippen LogP contribution in [0.2, 0.25) is 5.02 Å². The number of carbonyl (C=O) groups excluding carboxylic acids is 1. The van der Waals surface area contributed by atoms with Crippen molar-refractivity contribution in [2.45, 2.75) is 26.4 Å². The molecule has 1 heterocycles. The first-order valence-electron chi connectivity index (χ1n) is 7.88. The van der Waals surface area contributed by atoms with Crippen LogP contribution in [0.3, 0.4) is 0 Å². The van der Waals surface area contributed by atoms with Crippen molar-refractivity contribution in [2.24, 2.45) is 0 Å². The topological polar surface area (TPSA) is 32.8 Å². The summed E-state index contributed by atoms with van der Waals surface area (Å²) in [4.78, 5) is 16.1. The van der Waals surface area contributed by atoms with Crippen molar-refractivity contribution in [2.75, 3.05) is 32.7 Å². The molecule has 0 N–H and O–H groups in total. The Hall–Kier alpha value is -1.52. The quantitative estimate of drug-likeness (QED) is 0.839. The van der Waals surface area contributed by atoms with Gasteiger partial charge in [0.25, 0.3) is 0 Å². The number of benzene rings is 1. The van der Waals surface area contributed by atoms with E-state index in [4.69, 9.17) is 16.3 Å². The van der Waals surface area contributed by atoms with Crippen LogP contribution >= 0.6 is 11.6 Å². The Balaban J connectivity index is 1.81. The molecular formula is C18H25ClN2O2. The van der Waals surface area contributed by atoms with Crippen molar-refractivity contribution in [3.05, 3.63) is 41.4 Å². The predicted octanol–water partition coefficient (Wildman–Crippen LogP) is 3.91. The summed E-state index contributed by atoms with van der Waals surface area (Å²) in [5.74, 6) is 0. The molecule has 0 aromatic heterocycles. The lowest BCUT2D eigenvalue weighted by Gasteiger charge is -2.35. The maximum absolute atomic E-state index is 12.1. The molecule has 1 aromatic rings. The minimum absolute atomic E-state index is 0.228. The van der Waals surface area contributed by atoms with Gasteiger partial charge in [-0.1, -0.05) is 30.3 Å². The average Bonchev–Trinajstić information content (AvgIpc) is 2.46. The molecule has 0 saturated carbocycles. The highest BCUT2D eigenvalue weighted by Crippen LogP contribution is 2.18. The second kappa shape index (κ2) is 7.37. The van der Waals surface area contributed by atoms with Crippen LogP contribution < -0.4 is 0 Å². The third-order valence-electron chi connectivity index (χ3n) is 3.69. The Morgan fingerprint density at radius 3 is 2.26 bits per heavy atom. The van der Waals surface area contributed by atoms with Crippen LogP contribution in [-0.2, 0) is 4.74 Å². The van der Waals surface area contributed by atoms with Crippen LogP contribution in [0.15, 0.2) is 30.8 Å². The van der Waals surface area contributed by atoms with Crippen molar-refractivity contribution in [1.82, 2.24) is 9.80 Å². The Bertz CT molecular complexity index is 555. The van der Waals surface area contributed by atoms with Crippen molar-refractivity contribution >= 4 is 23.3 Å². The number of halogens is 1. The molecule has 1 aromatic carbocycles. The van der Waals surface area contributed by atoms with Gasteiger partial charge < -0.3 is 9.64 Å². The van der Waals surface area contributed by atoms with Gasteiger partial charge in [-0.2, -0.15) is 0 Å². The van der Waals surface area contributed by atoms with Gasteiger partial charge in [0, 0.05) is 37.7 Å². The molecule has 0 bridgehead atoms. The van der Waals surface area contributed by atoms with Gasteiger partial charge in [-0.25, -0.2) is 4.79 Å². The van der Waals surface area contributed by atoms with Crippen LogP contribution in [0.25, 0.3) is 5.57 Å². The van der Waals surface area contributed by atoms with Crippen molar-refractivity contribution < 1.29 is 9.53 Å². The summed E-state index contributed by atoms with van der Waals surface area (Å²) in [7, 11) is 0. The Morgan fingerprint density at radius 1 is 1.17 bits per heavy atom. The number of ether oxygens (including phenoxy) is 1. The lowest BCUT2D eigenvalue weighted by Crippen LogP contribution is -2.50. The zero-order chi connectivity index (χ0) is 17.0. The van der Waals surface area contributed by atoms with Gasteiger partial charge in [0.1, 0.15) is 5.60 Å². The smallest absolute Gasteiger partial charge is 0.410 e. The first-order valence-corrected chi connectivity index (χ1v) is 8.26. The van der Waals surface area contributed by atoms with E-state index in [0.717, 1.165) is 35.8 Å². The Labute approximate surface area is 143 Å². The predicted molar refractivity (Wildman–Crippen MR) is 94.7 cm³/mol. The van der Waals surface area contributed by atoms with Gasteiger partial charge in [-0.15, -0.1) is 0 Å². The average molecular weight is 337 g/mol. The van der Waals surface area contributed by atoms with Gasteiger partial charge in [0.2, 0.25) is 0 Å². The van der Waals surface area contributed by atoms with Gasteiger partial charge in [0.05, 0.1) is 0 Å². The van der Waals surface area contributed by atoms with Crippen molar-refractivity contribution in [3.63, 3.8) is 0 Å². The largest absolute Gasteiger partial charge is 0.444 e. The number of rotatable bonds is 3. The van der Waals surface area contributed by atoms with Gasteiger partial charge in [-0.05, 0) is 44.0 Å². The van der Waals surface area contributed by atoms with E-state index in [9.17, 15) is 4.79 Å². The number of hydrogen-bond donors (Lipinski definition) is 0. The molecule has 0 unspecified atom stereocenters. The molecule has 0 aliphatic carbocycles. The Morgan fingerprint density at radius 2 is 1.74 bits per heavy atom. The minimum Gasteiger partial charge on any atom is -0.444 e. The molecule has 1 amide bonds. The van der Waals surface area contributed by atoms with Gasteiger partial charge in [-0.3, -0.25) is 4.90 Å². The molecule has 1 saturated heterocycles. The SMILES string of the molecule is C=C(CN1CCN(C(=O)OC(C)(C)C)CC1)c1ccc(Cl)cc1. The zero-order valence-electron chi connectivity index (χ0n) is 14.1. The summed E-state index contributed by atoms with van der Waals surface area (Å²) in [5.41, 5.74) is 1.72. The highest BCUT2D eigenvalue weighted by atomic mass is 35.5. The van der Waals surface area contributed by atoms with E-state index in [1.165, 1.54) is 0 Å². The maximum atomic E-state index is 12.1. The number of piperazine rings is 1. The lowest BCUT2D eigenvalue weighted by molar-refractivity contribution is 0.0156. The van der Waals surface area contributed by atoms with Crippen molar-refractivity contribution in [3.8, 4) is 0 Å². The first-order chi connectivity index (χ1) is 10.7. The number of hydrogen-bond acceptors (Lipinski definition) is 3. The fraction of sp³-hybridized carbons (Fsp3) is 0.500. The summed E-state index contributed by atoms with van der Waals surface area (Å²) in [6, 6.07) is 7.73. The summed E-state index contributed by atoms with van der Waals surface area (Å²) in [5, 5.41) is 0.729. The molecule has 4 nitrogen and oxygen atoms in total. The van der Waals surface area contributed by atoms with E-state index < -0.39 is 5.60 Å². The number of nitrogens with zero attached hydrogens (tertiary/aromatic N) is 2. The molecular weight excluding hydrogens is 312 g/mol. The monoisotopic (exact) mass is 336 g/mol. The third kappa shape index (κ3) is 5.56. The molecule has 2 rings (SSSR count). The number of carbonyl (C=O) groups is 1. The molecule has 1 fully saturated rings. The Kier molecular flexibility index (Phi) is 5.71. The molecule has 5 heteroatoms. The normalized spacial score (nSPS) is 16.3. The van der Waals surface area contributed by atoms with Crippen LogP contribution in [-0.4, -0.2) is 54.2 Å². The van der Waals surface area contributed by atoms with Gasteiger partial charge in [0.15, 0.2) is 0 Å². The molecule has 0 spiro atoms. The highest BCUT2D eigenvalue weighted by molar-refractivity contribution is 6.30. The zero-order valence-corrected chi connectivity index (χ0v) is 14.9. The second-order valence-corrected chi connectivity index (χ2v) is 7.29. The van der Waals surface area contributed by atoms with Gasteiger partial charge >= 0.3 is 6.09 Å². The molecule has 1 aliphatic rings. The number of amides is 1. The van der Waals surface area contributed by atoms with Crippen LogP contribution in [0.1, 0.15) is 26.3 Å². The molecule has 126 valence electrons. The first kappa shape index (κ1) is 17.8. The molecule has 0 radical (unpaired) electrons. The fourth-order valence-corrected chi connectivity index (χ4v) is 2.59. The molecule has 0 atom stereocenters. The van der Waals surface area contributed by atoms with E-state index in [2.05, 4.69) is 11.5 Å². The van der Waals surface area contributed by atoms with E-state index >= 15 is 0 Å². The maximum Gasteiger partial charge on any atom is 0.410 e. The molecule has 1 aliphatic heterocycles.